The summed E-state index contributed by atoms with van der Waals surface area (Å²) in [6, 6.07) is 1.79. The van der Waals surface area contributed by atoms with Crippen molar-refractivity contribution in [2.75, 3.05) is 31.1 Å². The number of hydrogen-bond donors (Lipinski definition) is 1. The van der Waals surface area contributed by atoms with Crippen LogP contribution in [0.5, 0.6) is 5.88 Å². The molecule has 2 N–H and O–H groups in total. The zero-order chi connectivity index (χ0) is 14.3. The predicted octanol–water partition coefficient (Wildman–Crippen LogP) is 2.08. The van der Waals surface area contributed by atoms with E-state index in [1.165, 1.54) is 0 Å². The second-order valence-electron chi connectivity index (χ2n) is 5.43. The molecule has 0 radical (unpaired) electrons. The average Bonchev–Trinajstić information content (AvgIpc) is 2.43. The molecule has 0 spiro atoms. The van der Waals surface area contributed by atoms with Gasteiger partial charge in [0.2, 0.25) is 11.8 Å². The molecule has 0 saturated carbocycles. The molecular formula is C14H26N4O. The molecule has 5 nitrogen and oxygen atoms in total. The third-order valence-electron chi connectivity index (χ3n) is 2.91. The maximum absolute atomic E-state index is 5.79. The Bertz CT molecular complexity index is 381. The Kier molecular flexibility index (Phi) is 6.02. The second-order valence-corrected chi connectivity index (χ2v) is 5.43. The third-order valence-corrected chi connectivity index (χ3v) is 2.91. The van der Waals surface area contributed by atoms with Gasteiger partial charge in [-0.3, -0.25) is 0 Å². The lowest BCUT2D eigenvalue weighted by Gasteiger charge is -2.31. The molecule has 5 heteroatoms. The molecule has 0 fully saturated rings. The smallest absolute Gasteiger partial charge is 0.228 e. The third kappa shape index (κ3) is 5.03. The lowest BCUT2D eigenvalue weighted by atomic mass is 9.93. The molecule has 0 unspecified atom stereocenters. The number of nitrogens with zero attached hydrogens (tertiary/aromatic N) is 3. The number of ether oxygens (including phenoxy) is 1. The highest BCUT2D eigenvalue weighted by Crippen LogP contribution is 2.19. The van der Waals surface area contributed by atoms with Crippen LogP contribution < -0.4 is 15.4 Å². The molecule has 1 aromatic rings. The maximum Gasteiger partial charge on any atom is 0.228 e. The van der Waals surface area contributed by atoms with Gasteiger partial charge in [0.15, 0.2) is 0 Å². The van der Waals surface area contributed by atoms with Gasteiger partial charge in [-0.2, -0.15) is 4.98 Å². The van der Waals surface area contributed by atoms with E-state index in [-0.39, 0.29) is 5.41 Å². The lowest BCUT2D eigenvalue weighted by Crippen LogP contribution is -2.39. The standard InChI is InChI=1S/C14H26N4O/c1-5-9-19-12-7-8-16-13(17-12)18(6-2)11-14(3,4)10-15/h7-8H,5-6,9-11,15H2,1-4H3. The maximum atomic E-state index is 5.79. The number of hydrogen-bond acceptors (Lipinski definition) is 5. The summed E-state index contributed by atoms with van der Waals surface area (Å²) in [4.78, 5) is 10.9. The normalized spacial score (nSPS) is 11.4. The van der Waals surface area contributed by atoms with Crippen LogP contribution in [0, 0.1) is 5.41 Å². The van der Waals surface area contributed by atoms with Gasteiger partial charge in [0, 0.05) is 25.4 Å². The van der Waals surface area contributed by atoms with Crippen molar-refractivity contribution in [3.63, 3.8) is 0 Å². The fraction of sp³-hybridized carbons (Fsp3) is 0.714. The lowest BCUT2D eigenvalue weighted by molar-refractivity contribution is 0.304. The average molecular weight is 266 g/mol. The monoisotopic (exact) mass is 266 g/mol. The van der Waals surface area contributed by atoms with Gasteiger partial charge in [-0.15, -0.1) is 0 Å². The van der Waals surface area contributed by atoms with Crippen LogP contribution in [-0.2, 0) is 0 Å². The summed E-state index contributed by atoms with van der Waals surface area (Å²) in [7, 11) is 0. The van der Waals surface area contributed by atoms with Crippen molar-refractivity contribution in [1.29, 1.82) is 0 Å². The summed E-state index contributed by atoms with van der Waals surface area (Å²) in [5, 5.41) is 0. The van der Waals surface area contributed by atoms with Crippen LogP contribution in [0.2, 0.25) is 0 Å². The number of nitrogens with two attached hydrogens (primary N) is 1. The Hall–Kier alpha value is -1.36. The highest BCUT2D eigenvalue weighted by atomic mass is 16.5. The van der Waals surface area contributed by atoms with Gasteiger partial charge in [0.1, 0.15) is 0 Å². The van der Waals surface area contributed by atoms with Crippen molar-refractivity contribution in [1.82, 2.24) is 9.97 Å². The number of aromatic nitrogens is 2. The van der Waals surface area contributed by atoms with Gasteiger partial charge in [-0.25, -0.2) is 4.98 Å². The second kappa shape index (κ2) is 7.28. The topological polar surface area (TPSA) is 64.3 Å². The van der Waals surface area contributed by atoms with Crippen LogP contribution in [0.4, 0.5) is 5.95 Å². The minimum atomic E-state index is 0.0413. The number of rotatable bonds is 8. The van der Waals surface area contributed by atoms with Gasteiger partial charge in [-0.05, 0) is 25.3 Å². The van der Waals surface area contributed by atoms with Crippen LogP contribution in [0.1, 0.15) is 34.1 Å². The number of anilines is 1. The zero-order valence-electron chi connectivity index (χ0n) is 12.5. The minimum Gasteiger partial charge on any atom is -0.478 e. The van der Waals surface area contributed by atoms with E-state index in [4.69, 9.17) is 10.5 Å². The first-order valence-corrected chi connectivity index (χ1v) is 6.93. The van der Waals surface area contributed by atoms with Crippen molar-refractivity contribution in [3.05, 3.63) is 12.3 Å². The molecule has 0 saturated heterocycles. The van der Waals surface area contributed by atoms with Crippen LogP contribution in [0.15, 0.2) is 12.3 Å². The SMILES string of the molecule is CCCOc1ccnc(N(CC)CC(C)(C)CN)n1. The molecule has 0 atom stereocenters. The molecule has 19 heavy (non-hydrogen) atoms. The summed E-state index contributed by atoms with van der Waals surface area (Å²) >= 11 is 0. The van der Waals surface area contributed by atoms with Gasteiger partial charge in [0.25, 0.3) is 0 Å². The largest absolute Gasteiger partial charge is 0.478 e. The van der Waals surface area contributed by atoms with Gasteiger partial charge in [0.05, 0.1) is 6.61 Å². The molecule has 1 aromatic heterocycles. The highest BCUT2D eigenvalue weighted by Gasteiger charge is 2.21. The summed E-state index contributed by atoms with van der Waals surface area (Å²) < 4.78 is 5.54. The molecule has 0 bridgehead atoms. The van der Waals surface area contributed by atoms with Gasteiger partial charge < -0.3 is 15.4 Å². The van der Waals surface area contributed by atoms with E-state index in [0.29, 0.717) is 25.0 Å². The van der Waals surface area contributed by atoms with Crippen molar-refractivity contribution in [2.45, 2.75) is 34.1 Å². The van der Waals surface area contributed by atoms with Crippen LogP contribution in [-0.4, -0.2) is 36.2 Å². The molecular weight excluding hydrogens is 240 g/mol. The van der Waals surface area contributed by atoms with E-state index in [9.17, 15) is 0 Å². The fourth-order valence-corrected chi connectivity index (χ4v) is 1.68. The first kappa shape index (κ1) is 15.7. The van der Waals surface area contributed by atoms with Crippen molar-refractivity contribution in [2.24, 2.45) is 11.1 Å². The minimum absolute atomic E-state index is 0.0413. The van der Waals surface area contributed by atoms with Gasteiger partial charge >= 0.3 is 0 Å². The summed E-state index contributed by atoms with van der Waals surface area (Å²) in [5.74, 6) is 1.34. The highest BCUT2D eigenvalue weighted by molar-refractivity contribution is 5.32. The van der Waals surface area contributed by atoms with Gasteiger partial charge in [-0.1, -0.05) is 20.8 Å². The molecule has 0 aliphatic heterocycles. The molecule has 108 valence electrons. The quantitative estimate of drug-likeness (QED) is 0.780. The van der Waals surface area contributed by atoms with Crippen LogP contribution in [0.25, 0.3) is 0 Å². The first-order chi connectivity index (χ1) is 9.02. The van der Waals surface area contributed by atoms with E-state index in [0.717, 1.165) is 19.5 Å². The van der Waals surface area contributed by atoms with E-state index >= 15 is 0 Å². The van der Waals surface area contributed by atoms with Crippen LogP contribution >= 0.6 is 0 Å². The molecule has 1 rings (SSSR count). The molecule has 0 aromatic carbocycles. The van der Waals surface area contributed by atoms with E-state index < -0.39 is 0 Å². The molecule has 0 amide bonds. The van der Waals surface area contributed by atoms with E-state index in [1.807, 2.05) is 0 Å². The first-order valence-electron chi connectivity index (χ1n) is 6.93. The van der Waals surface area contributed by atoms with Crippen LogP contribution in [0.3, 0.4) is 0 Å². The summed E-state index contributed by atoms with van der Waals surface area (Å²) in [6.07, 6.45) is 2.71. The Morgan fingerprint density at radius 1 is 1.37 bits per heavy atom. The Balaban J connectivity index is 2.80. The zero-order valence-corrected chi connectivity index (χ0v) is 12.5. The Morgan fingerprint density at radius 2 is 2.11 bits per heavy atom. The van der Waals surface area contributed by atoms with E-state index in [2.05, 4.69) is 42.6 Å². The Morgan fingerprint density at radius 3 is 2.68 bits per heavy atom. The fourth-order valence-electron chi connectivity index (χ4n) is 1.68. The summed E-state index contributed by atoms with van der Waals surface area (Å²) in [5.41, 5.74) is 5.83. The summed E-state index contributed by atoms with van der Waals surface area (Å²) in [6.45, 7) is 11.4. The van der Waals surface area contributed by atoms with E-state index in [1.54, 1.807) is 12.3 Å². The Labute approximate surface area is 116 Å². The van der Waals surface area contributed by atoms with Crippen molar-refractivity contribution in [3.8, 4) is 5.88 Å². The molecule has 0 aliphatic carbocycles. The van der Waals surface area contributed by atoms with Crippen molar-refractivity contribution < 1.29 is 4.74 Å². The molecule has 0 aliphatic rings. The van der Waals surface area contributed by atoms with Crippen molar-refractivity contribution >= 4 is 5.95 Å². The molecule has 1 heterocycles. The predicted molar refractivity (Wildman–Crippen MR) is 78.5 cm³/mol.